The molecule has 0 unspecified atom stereocenters. The van der Waals surface area contributed by atoms with Gasteiger partial charge in [0.05, 0.1) is 26.0 Å². The molecule has 3 rings (SSSR count). The average molecular weight is 343 g/mol. The SMILES string of the molecule is Cn1c(CN2CCOCC2)nnc1[C@H]1CCCN(S(C)(=O)=O)C1. The molecule has 0 N–H and O–H groups in total. The summed E-state index contributed by atoms with van der Waals surface area (Å²) in [6.07, 6.45) is 3.09. The number of nitrogens with zero attached hydrogens (tertiary/aromatic N) is 5. The van der Waals surface area contributed by atoms with Crippen molar-refractivity contribution in [2.75, 3.05) is 45.6 Å². The fourth-order valence-electron chi connectivity index (χ4n) is 3.28. The fraction of sp³-hybridized carbons (Fsp3) is 0.857. The zero-order chi connectivity index (χ0) is 16.4. The summed E-state index contributed by atoms with van der Waals surface area (Å²) in [5.41, 5.74) is 0. The highest BCUT2D eigenvalue weighted by Crippen LogP contribution is 2.27. The van der Waals surface area contributed by atoms with Gasteiger partial charge in [-0.2, -0.15) is 0 Å². The van der Waals surface area contributed by atoms with Crippen LogP contribution >= 0.6 is 0 Å². The van der Waals surface area contributed by atoms with Crippen LogP contribution in [0.1, 0.15) is 30.4 Å². The van der Waals surface area contributed by atoms with Gasteiger partial charge in [-0.1, -0.05) is 0 Å². The van der Waals surface area contributed by atoms with Gasteiger partial charge in [-0.15, -0.1) is 10.2 Å². The predicted molar refractivity (Wildman–Crippen MR) is 85.5 cm³/mol. The van der Waals surface area contributed by atoms with Crippen LogP contribution in [0.2, 0.25) is 0 Å². The maximum Gasteiger partial charge on any atom is 0.211 e. The van der Waals surface area contributed by atoms with Crippen LogP contribution in [-0.2, 0) is 28.4 Å². The fourth-order valence-corrected chi connectivity index (χ4v) is 4.19. The van der Waals surface area contributed by atoms with E-state index in [0.717, 1.165) is 57.3 Å². The van der Waals surface area contributed by atoms with Gasteiger partial charge in [0.2, 0.25) is 10.0 Å². The van der Waals surface area contributed by atoms with Gasteiger partial charge in [0.15, 0.2) is 0 Å². The molecule has 0 aromatic carbocycles. The average Bonchev–Trinajstić information content (AvgIpc) is 2.89. The van der Waals surface area contributed by atoms with Crippen LogP contribution in [0.15, 0.2) is 0 Å². The summed E-state index contributed by atoms with van der Waals surface area (Å²) < 4.78 is 32.5. The molecule has 23 heavy (non-hydrogen) atoms. The zero-order valence-corrected chi connectivity index (χ0v) is 14.6. The van der Waals surface area contributed by atoms with Gasteiger partial charge in [0, 0.05) is 39.1 Å². The van der Waals surface area contributed by atoms with Crippen molar-refractivity contribution in [3.05, 3.63) is 11.6 Å². The number of morpholine rings is 1. The minimum absolute atomic E-state index is 0.120. The lowest BCUT2D eigenvalue weighted by molar-refractivity contribution is 0.0326. The molecule has 0 radical (unpaired) electrons. The van der Waals surface area contributed by atoms with Gasteiger partial charge in [-0.05, 0) is 12.8 Å². The van der Waals surface area contributed by atoms with E-state index in [0.29, 0.717) is 13.1 Å². The second kappa shape index (κ2) is 6.84. The first-order valence-corrected chi connectivity index (χ1v) is 9.93. The van der Waals surface area contributed by atoms with Crippen molar-refractivity contribution in [3.63, 3.8) is 0 Å². The Bertz CT molecular complexity index is 639. The number of piperidine rings is 1. The zero-order valence-electron chi connectivity index (χ0n) is 13.8. The third kappa shape index (κ3) is 3.90. The summed E-state index contributed by atoms with van der Waals surface area (Å²) in [6, 6.07) is 0. The highest BCUT2D eigenvalue weighted by Gasteiger charge is 2.30. The first-order valence-electron chi connectivity index (χ1n) is 8.08. The topological polar surface area (TPSA) is 80.6 Å². The van der Waals surface area contributed by atoms with Crippen LogP contribution in [-0.4, -0.2) is 78.0 Å². The van der Waals surface area contributed by atoms with Gasteiger partial charge in [-0.25, -0.2) is 12.7 Å². The molecular weight excluding hydrogens is 318 g/mol. The van der Waals surface area contributed by atoms with Crippen LogP contribution in [0.25, 0.3) is 0 Å². The molecule has 8 nitrogen and oxygen atoms in total. The lowest BCUT2D eigenvalue weighted by Gasteiger charge is -2.30. The van der Waals surface area contributed by atoms with Crippen molar-refractivity contribution in [2.45, 2.75) is 25.3 Å². The lowest BCUT2D eigenvalue weighted by atomic mass is 9.99. The Morgan fingerprint density at radius 1 is 1.22 bits per heavy atom. The van der Waals surface area contributed by atoms with Crippen molar-refractivity contribution >= 4 is 10.0 Å². The summed E-state index contributed by atoms with van der Waals surface area (Å²) in [7, 11) is -1.17. The van der Waals surface area contributed by atoms with Gasteiger partial charge in [0.1, 0.15) is 11.6 Å². The number of aromatic nitrogens is 3. The van der Waals surface area contributed by atoms with Gasteiger partial charge >= 0.3 is 0 Å². The van der Waals surface area contributed by atoms with E-state index in [1.165, 1.54) is 6.26 Å². The largest absolute Gasteiger partial charge is 0.379 e. The Morgan fingerprint density at radius 3 is 2.65 bits per heavy atom. The van der Waals surface area contributed by atoms with E-state index in [9.17, 15) is 8.42 Å². The van der Waals surface area contributed by atoms with Gasteiger partial charge < -0.3 is 9.30 Å². The molecule has 130 valence electrons. The molecule has 2 aliphatic rings. The Morgan fingerprint density at radius 2 is 1.96 bits per heavy atom. The third-order valence-electron chi connectivity index (χ3n) is 4.69. The molecule has 2 saturated heterocycles. The molecule has 2 fully saturated rings. The van der Waals surface area contributed by atoms with E-state index < -0.39 is 10.0 Å². The number of rotatable bonds is 4. The van der Waals surface area contributed by atoms with Crippen LogP contribution in [0.4, 0.5) is 0 Å². The number of sulfonamides is 1. The maximum absolute atomic E-state index is 11.8. The van der Waals surface area contributed by atoms with Crippen molar-refractivity contribution in [1.82, 2.24) is 24.0 Å². The lowest BCUT2D eigenvalue weighted by Crippen LogP contribution is -2.39. The number of hydrogen-bond acceptors (Lipinski definition) is 6. The molecule has 0 amide bonds. The third-order valence-corrected chi connectivity index (χ3v) is 5.96. The number of hydrogen-bond donors (Lipinski definition) is 0. The minimum atomic E-state index is -3.14. The minimum Gasteiger partial charge on any atom is -0.379 e. The molecule has 1 atom stereocenters. The second-order valence-corrected chi connectivity index (χ2v) is 8.36. The Hall–Kier alpha value is -1.03. The summed E-state index contributed by atoms with van der Waals surface area (Å²) in [5, 5.41) is 8.69. The van der Waals surface area contributed by atoms with Crippen molar-refractivity contribution in [1.29, 1.82) is 0 Å². The van der Waals surface area contributed by atoms with Crippen LogP contribution in [0.3, 0.4) is 0 Å². The first kappa shape index (κ1) is 16.8. The highest BCUT2D eigenvalue weighted by atomic mass is 32.2. The molecule has 0 aliphatic carbocycles. The quantitative estimate of drug-likeness (QED) is 0.752. The second-order valence-electron chi connectivity index (χ2n) is 6.38. The van der Waals surface area contributed by atoms with Crippen molar-refractivity contribution < 1.29 is 13.2 Å². The van der Waals surface area contributed by atoms with Gasteiger partial charge in [-0.3, -0.25) is 4.90 Å². The van der Waals surface area contributed by atoms with E-state index >= 15 is 0 Å². The summed E-state index contributed by atoms with van der Waals surface area (Å²) >= 11 is 0. The molecule has 0 bridgehead atoms. The maximum atomic E-state index is 11.8. The van der Waals surface area contributed by atoms with E-state index in [-0.39, 0.29) is 5.92 Å². The molecule has 3 heterocycles. The Kier molecular flexibility index (Phi) is 5.00. The van der Waals surface area contributed by atoms with E-state index in [2.05, 4.69) is 15.1 Å². The smallest absolute Gasteiger partial charge is 0.211 e. The molecule has 1 aromatic rings. The van der Waals surface area contributed by atoms with Crippen LogP contribution in [0, 0.1) is 0 Å². The summed E-state index contributed by atoms with van der Waals surface area (Å²) in [5.74, 6) is 1.94. The predicted octanol–water partition coefficient (Wildman–Crippen LogP) is -0.214. The number of ether oxygens (including phenoxy) is 1. The molecule has 0 spiro atoms. The summed E-state index contributed by atoms with van der Waals surface area (Å²) in [4.78, 5) is 2.31. The van der Waals surface area contributed by atoms with E-state index in [1.807, 2.05) is 11.6 Å². The molecule has 9 heteroatoms. The van der Waals surface area contributed by atoms with Crippen LogP contribution in [0.5, 0.6) is 0 Å². The Labute approximate surface area is 137 Å². The molecule has 1 aromatic heterocycles. The van der Waals surface area contributed by atoms with Gasteiger partial charge in [0.25, 0.3) is 0 Å². The van der Waals surface area contributed by atoms with Crippen LogP contribution < -0.4 is 0 Å². The monoisotopic (exact) mass is 343 g/mol. The van der Waals surface area contributed by atoms with Crippen molar-refractivity contribution in [2.24, 2.45) is 7.05 Å². The first-order chi connectivity index (χ1) is 10.9. The Balaban J connectivity index is 1.70. The van der Waals surface area contributed by atoms with E-state index in [1.54, 1.807) is 4.31 Å². The van der Waals surface area contributed by atoms with Crippen molar-refractivity contribution in [3.8, 4) is 0 Å². The molecular formula is C14H25N5O3S. The normalized spacial score (nSPS) is 24.9. The molecule has 0 saturated carbocycles. The standard InChI is InChI=1S/C14H25N5O3S/c1-17-13(11-18-6-8-22-9-7-18)15-16-14(17)12-4-3-5-19(10-12)23(2,20)21/h12H,3-11H2,1-2H3/t12-/m0/s1. The summed E-state index contributed by atoms with van der Waals surface area (Å²) in [6.45, 7) is 5.21. The highest BCUT2D eigenvalue weighted by molar-refractivity contribution is 7.88. The van der Waals surface area contributed by atoms with E-state index in [4.69, 9.17) is 4.74 Å². The molecule has 2 aliphatic heterocycles.